The Morgan fingerprint density at radius 2 is 1.76 bits per heavy atom. The summed E-state index contributed by atoms with van der Waals surface area (Å²) >= 11 is 0. The lowest BCUT2D eigenvalue weighted by Crippen LogP contribution is -2.50. The number of carbonyl (C=O) groups excluding carboxylic acids is 2. The number of piperidine rings is 1. The first kappa shape index (κ1) is 12.2. The van der Waals surface area contributed by atoms with Gasteiger partial charge in [0.1, 0.15) is 0 Å². The molecule has 1 aliphatic heterocycles. The van der Waals surface area contributed by atoms with Crippen molar-refractivity contribution in [3.05, 3.63) is 0 Å². The van der Waals surface area contributed by atoms with Crippen LogP contribution < -0.4 is 10.6 Å². The minimum Gasteiger partial charge on any atom is -0.359 e. The van der Waals surface area contributed by atoms with Crippen molar-refractivity contribution in [3.63, 3.8) is 0 Å². The second kappa shape index (κ2) is 5.38. The molecule has 1 saturated heterocycles. The summed E-state index contributed by atoms with van der Waals surface area (Å²) in [6.07, 6.45) is 5.00. The molecule has 1 aliphatic carbocycles. The van der Waals surface area contributed by atoms with Crippen LogP contribution in [0.25, 0.3) is 0 Å². The van der Waals surface area contributed by atoms with Gasteiger partial charge in [-0.3, -0.25) is 4.79 Å². The number of nitrogens with one attached hydrogen (secondary N) is 2. The number of hydrogen-bond acceptors (Lipinski definition) is 2. The van der Waals surface area contributed by atoms with Gasteiger partial charge in [-0.15, -0.1) is 0 Å². The van der Waals surface area contributed by atoms with Gasteiger partial charge in [-0.25, -0.2) is 4.79 Å². The number of likely N-dealkylation sites (tertiary alicyclic amines) is 1. The van der Waals surface area contributed by atoms with E-state index in [9.17, 15) is 9.59 Å². The molecule has 2 rings (SSSR count). The number of hydrogen-bond donors (Lipinski definition) is 2. The van der Waals surface area contributed by atoms with E-state index in [0.717, 1.165) is 25.7 Å². The summed E-state index contributed by atoms with van der Waals surface area (Å²) in [4.78, 5) is 25.1. The first-order valence-corrected chi connectivity index (χ1v) is 6.47. The fourth-order valence-electron chi connectivity index (χ4n) is 2.37. The van der Waals surface area contributed by atoms with Crippen LogP contribution in [-0.2, 0) is 4.79 Å². The Balaban J connectivity index is 1.74. The SMILES string of the molecule is CNC(=O)C1CCN(C(=O)NC2CCC2)CC1. The minimum absolute atomic E-state index is 0.0463. The van der Waals surface area contributed by atoms with Crippen LogP contribution in [0, 0.1) is 5.92 Å². The number of nitrogens with zero attached hydrogens (tertiary/aromatic N) is 1. The molecule has 0 radical (unpaired) electrons. The van der Waals surface area contributed by atoms with Crippen LogP contribution >= 0.6 is 0 Å². The quantitative estimate of drug-likeness (QED) is 0.745. The predicted molar refractivity (Wildman–Crippen MR) is 64.5 cm³/mol. The zero-order chi connectivity index (χ0) is 12.3. The largest absolute Gasteiger partial charge is 0.359 e. The summed E-state index contributed by atoms with van der Waals surface area (Å²) in [5, 5.41) is 5.70. The van der Waals surface area contributed by atoms with Gasteiger partial charge >= 0.3 is 6.03 Å². The molecule has 5 heteroatoms. The molecule has 2 N–H and O–H groups in total. The molecule has 0 aromatic rings. The molecular formula is C12H21N3O2. The molecule has 17 heavy (non-hydrogen) atoms. The third-order valence-electron chi connectivity index (χ3n) is 3.83. The zero-order valence-corrected chi connectivity index (χ0v) is 10.4. The van der Waals surface area contributed by atoms with Gasteiger partial charge in [-0.2, -0.15) is 0 Å². The molecule has 5 nitrogen and oxygen atoms in total. The highest BCUT2D eigenvalue weighted by molar-refractivity contribution is 5.79. The summed E-state index contributed by atoms with van der Waals surface area (Å²) in [7, 11) is 1.66. The van der Waals surface area contributed by atoms with Crippen LogP contribution in [0.1, 0.15) is 32.1 Å². The summed E-state index contributed by atoms with van der Waals surface area (Å²) in [5.74, 6) is 0.178. The molecule has 2 fully saturated rings. The molecule has 0 unspecified atom stereocenters. The second-order valence-corrected chi connectivity index (χ2v) is 4.95. The maximum atomic E-state index is 11.9. The van der Waals surface area contributed by atoms with E-state index in [1.165, 1.54) is 6.42 Å². The number of amides is 3. The summed E-state index contributed by atoms with van der Waals surface area (Å²) < 4.78 is 0. The summed E-state index contributed by atoms with van der Waals surface area (Å²) in [5.41, 5.74) is 0. The maximum absolute atomic E-state index is 11.9. The Hall–Kier alpha value is -1.26. The van der Waals surface area contributed by atoms with Gasteiger partial charge in [0.05, 0.1) is 0 Å². The Labute approximate surface area is 102 Å². The fourth-order valence-corrected chi connectivity index (χ4v) is 2.37. The lowest BCUT2D eigenvalue weighted by Gasteiger charge is -2.34. The van der Waals surface area contributed by atoms with E-state index >= 15 is 0 Å². The molecule has 0 atom stereocenters. The highest BCUT2D eigenvalue weighted by Gasteiger charge is 2.28. The van der Waals surface area contributed by atoms with Crippen molar-refractivity contribution in [2.45, 2.75) is 38.1 Å². The maximum Gasteiger partial charge on any atom is 0.317 e. The van der Waals surface area contributed by atoms with Crippen LogP contribution in [0.15, 0.2) is 0 Å². The Morgan fingerprint density at radius 3 is 2.24 bits per heavy atom. The molecule has 0 bridgehead atoms. The highest BCUT2D eigenvalue weighted by Crippen LogP contribution is 2.20. The average Bonchev–Trinajstić information content (AvgIpc) is 2.32. The molecule has 0 aromatic heterocycles. The number of rotatable bonds is 2. The van der Waals surface area contributed by atoms with E-state index in [1.54, 1.807) is 7.05 Å². The number of urea groups is 1. The van der Waals surface area contributed by atoms with Crippen molar-refractivity contribution in [2.75, 3.05) is 20.1 Å². The highest BCUT2D eigenvalue weighted by atomic mass is 16.2. The van der Waals surface area contributed by atoms with Gasteiger partial charge < -0.3 is 15.5 Å². The Kier molecular flexibility index (Phi) is 3.86. The molecule has 1 saturated carbocycles. The molecule has 3 amide bonds. The van der Waals surface area contributed by atoms with Crippen LogP contribution in [0.3, 0.4) is 0 Å². The first-order valence-electron chi connectivity index (χ1n) is 6.47. The normalized spacial score (nSPS) is 21.8. The third-order valence-corrected chi connectivity index (χ3v) is 3.83. The average molecular weight is 239 g/mol. The van der Waals surface area contributed by atoms with Gasteiger partial charge in [0.15, 0.2) is 0 Å². The van der Waals surface area contributed by atoms with E-state index < -0.39 is 0 Å². The van der Waals surface area contributed by atoms with E-state index in [1.807, 2.05) is 4.90 Å². The molecular weight excluding hydrogens is 218 g/mol. The van der Waals surface area contributed by atoms with Crippen molar-refractivity contribution < 1.29 is 9.59 Å². The molecule has 0 spiro atoms. The number of carbonyl (C=O) groups is 2. The lowest BCUT2D eigenvalue weighted by atomic mass is 9.93. The smallest absolute Gasteiger partial charge is 0.317 e. The monoisotopic (exact) mass is 239 g/mol. The van der Waals surface area contributed by atoms with Gasteiger partial charge in [-0.05, 0) is 32.1 Å². The minimum atomic E-state index is 0.0463. The second-order valence-electron chi connectivity index (χ2n) is 4.95. The van der Waals surface area contributed by atoms with Gasteiger partial charge in [0, 0.05) is 32.1 Å². The van der Waals surface area contributed by atoms with E-state index in [4.69, 9.17) is 0 Å². The van der Waals surface area contributed by atoms with Gasteiger partial charge in [0.2, 0.25) is 5.91 Å². The first-order chi connectivity index (χ1) is 8.20. The van der Waals surface area contributed by atoms with E-state index in [-0.39, 0.29) is 17.9 Å². The van der Waals surface area contributed by atoms with Crippen molar-refractivity contribution >= 4 is 11.9 Å². The predicted octanol–water partition coefficient (Wildman–Crippen LogP) is 0.706. The van der Waals surface area contributed by atoms with Crippen molar-refractivity contribution in [1.29, 1.82) is 0 Å². The molecule has 1 heterocycles. The Morgan fingerprint density at radius 1 is 1.12 bits per heavy atom. The van der Waals surface area contributed by atoms with Crippen LogP contribution in [0.2, 0.25) is 0 Å². The van der Waals surface area contributed by atoms with Crippen molar-refractivity contribution in [3.8, 4) is 0 Å². The van der Waals surface area contributed by atoms with Gasteiger partial charge in [0.25, 0.3) is 0 Å². The Bertz CT molecular complexity index is 294. The topological polar surface area (TPSA) is 61.4 Å². The fraction of sp³-hybridized carbons (Fsp3) is 0.833. The van der Waals surface area contributed by atoms with Crippen molar-refractivity contribution in [1.82, 2.24) is 15.5 Å². The summed E-state index contributed by atoms with van der Waals surface area (Å²) in [6.45, 7) is 1.38. The van der Waals surface area contributed by atoms with Gasteiger partial charge in [-0.1, -0.05) is 0 Å². The van der Waals surface area contributed by atoms with E-state index in [0.29, 0.717) is 19.1 Å². The van der Waals surface area contributed by atoms with Crippen LogP contribution in [0.5, 0.6) is 0 Å². The van der Waals surface area contributed by atoms with Crippen LogP contribution in [0.4, 0.5) is 4.79 Å². The third kappa shape index (κ3) is 2.90. The standard InChI is InChI=1S/C12H21N3O2/c1-13-11(16)9-5-7-15(8-6-9)12(17)14-10-3-2-4-10/h9-10H,2-8H2,1H3,(H,13,16)(H,14,17). The molecule has 2 aliphatic rings. The zero-order valence-electron chi connectivity index (χ0n) is 10.4. The lowest BCUT2D eigenvalue weighted by molar-refractivity contribution is -0.125. The van der Waals surface area contributed by atoms with Crippen molar-refractivity contribution in [2.24, 2.45) is 5.92 Å². The summed E-state index contributed by atoms with van der Waals surface area (Å²) in [6, 6.07) is 0.434. The van der Waals surface area contributed by atoms with E-state index in [2.05, 4.69) is 10.6 Å². The van der Waals surface area contributed by atoms with Crippen LogP contribution in [-0.4, -0.2) is 43.0 Å². The molecule has 96 valence electrons. The molecule has 0 aromatic carbocycles.